The molecule has 3 heteroatoms. The standard InChI is InChI=1S/C10H10O3/c1-2-9(10(11)12)13-8-6-4-3-5-7-8/h2-7H,1H3,(H,11,12)/b9-2-. The minimum absolute atomic E-state index is 0.0637. The molecule has 0 saturated heterocycles. The molecule has 0 aromatic heterocycles. The molecule has 1 aromatic carbocycles. The van der Waals surface area contributed by atoms with E-state index in [2.05, 4.69) is 0 Å². The van der Waals surface area contributed by atoms with Gasteiger partial charge in [0.1, 0.15) is 5.75 Å². The second kappa shape index (κ2) is 4.30. The van der Waals surface area contributed by atoms with Crippen LogP contribution in [0.3, 0.4) is 0 Å². The average molecular weight is 178 g/mol. The summed E-state index contributed by atoms with van der Waals surface area (Å²) in [6, 6.07) is 8.80. The van der Waals surface area contributed by atoms with Crippen LogP contribution in [0, 0.1) is 0 Å². The van der Waals surface area contributed by atoms with E-state index in [1.54, 1.807) is 31.2 Å². The number of benzene rings is 1. The first-order valence-corrected chi connectivity index (χ1v) is 3.86. The van der Waals surface area contributed by atoms with E-state index >= 15 is 0 Å². The van der Waals surface area contributed by atoms with Gasteiger partial charge < -0.3 is 9.84 Å². The number of hydrogen-bond donors (Lipinski definition) is 1. The predicted molar refractivity (Wildman–Crippen MR) is 48.5 cm³/mol. The van der Waals surface area contributed by atoms with Crippen molar-refractivity contribution >= 4 is 5.97 Å². The molecule has 0 spiro atoms. The van der Waals surface area contributed by atoms with Crippen molar-refractivity contribution < 1.29 is 14.6 Å². The fourth-order valence-corrected chi connectivity index (χ4v) is 0.842. The molecule has 0 unspecified atom stereocenters. The number of para-hydroxylation sites is 1. The van der Waals surface area contributed by atoms with Crippen molar-refractivity contribution in [3.63, 3.8) is 0 Å². The van der Waals surface area contributed by atoms with Crippen LogP contribution >= 0.6 is 0 Å². The minimum atomic E-state index is -1.06. The summed E-state index contributed by atoms with van der Waals surface area (Å²) in [5, 5.41) is 8.64. The Morgan fingerprint density at radius 2 is 2.00 bits per heavy atom. The van der Waals surface area contributed by atoms with Gasteiger partial charge in [0.25, 0.3) is 0 Å². The Morgan fingerprint density at radius 1 is 1.38 bits per heavy atom. The molecule has 0 bridgehead atoms. The molecule has 1 rings (SSSR count). The number of rotatable bonds is 3. The third kappa shape index (κ3) is 2.63. The maximum absolute atomic E-state index is 10.5. The molecule has 0 atom stereocenters. The quantitative estimate of drug-likeness (QED) is 0.569. The molecule has 0 fully saturated rings. The van der Waals surface area contributed by atoms with Crippen LogP contribution in [0.5, 0.6) is 5.75 Å². The summed E-state index contributed by atoms with van der Waals surface area (Å²) >= 11 is 0. The molecule has 1 N–H and O–H groups in total. The molecule has 1 aromatic rings. The topological polar surface area (TPSA) is 46.5 Å². The van der Waals surface area contributed by atoms with Gasteiger partial charge in [-0.05, 0) is 25.1 Å². The Labute approximate surface area is 76.3 Å². The molecule has 0 aliphatic rings. The minimum Gasteiger partial charge on any atom is -0.475 e. The van der Waals surface area contributed by atoms with Crippen molar-refractivity contribution in [2.75, 3.05) is 0 Å². The van der Waals surface area contributed by atoms with Gasteiger partial charge in [-0.2, -0.15) is 0 Å². The SMILES string of the molecule is C/C=C(\Oc1ccccc1)C(=O)O. The van der Waals surface area contributed by atoms with Crippen LogP contribution in [0.15, 0.2) is 42.2 Å². The highest BCUT2D eigenvalue weighted by atomic mass is 16.5. The highest BCUT2D eigenvalue weighted by Gasteiger charge is 2.07. The number of allylic oxidation sites excluding steroid dienone is 1. The Kier molecular flexibility index (Phi) is 3.09. The van der Waals surface area contributed by atoms with E-state index in [9.17, 15) is 4.79 Å². The maximum atomic E-state index is 10.5. The number of aliphatic carboxylic acids is 1. The summed E-state index contributed by atoms with van der Waals surface area (Å²) in [6.07, 6.45) is 1.41. The molecule has 68 valence electrons. The molecule has 0 radical (unpaired) electrons. The zero-order valence-electron chi connectivity index (χ0n) is 7.23. The second-order valence-electron chi connectivity index (χ2n) is 2.37. The fraction of sp³-hybridized carbons (Fsp3) is 0.100. The zero-order valence-corrected chi connectivity index (χ0v) is 7.23. The van der Waals surface area contributed by atoms with Gasteiger partial charge in [0, 0.05) is 0 Å². The van der Waals surface area contributed by atoms with Crippen molar-refractivity contribution in [2.45, 2.75) is 6.92 Å². The van der Waals surface area contributed by atoms with E-state index in [1.807, 2.05) is 6.07 Å². The molecule has 0 aliphatic heterocycles. The van der Waals surface area contributed by atoms with Crippen molar-refractivity contribution in [1.29, 1.82) is 0 Å². The summed E-state index contributed by atoms with van der Waals surface area (Å²) in [7, 11) is 0. The molecule has 0 aliphatic carbocycles. The first-order valence-electron chi connectivity index (χ1n) is 3.86. The lowest BCUT2D eigenvalue weighted by molar-refractivity contribution is -0.135. The lowest BCUT2D eigenvalue weighted by Gasteiger charge is -2.04. The van der Waals surface area contributed by atoms with Crippen LogP contribution in [0.4, 0.5) is 0 Å². The Bertz CT molecular complexity index is 314. The number of carboxylic acid groups (broad SMARTS) is 1. The van der Waals surface area contributed by atoms with E-state index in [1.165, 1.54) is 6.08 Å². The number of carboxylic acids is 1. The van der Waals surface area contributed by atoms with Crippen molar-refractivity contribution in [1.82, 2.24) is 0 Å². The van der Waals surface area contributed by atoms with E-state index in [0.717, 1.165) is 0 Å². The van der Waals surface area contributed by atoms with Gasteiger partial charge in [-0.25, -0.2) is 4.79 Å². The summed E-state index contributed by atoms with van der Waals surface area (Å²) < 4.78 is 5.09. The van der Waals surface area contributed by atoms with E-state index in [-0.39, 0.29) is 5.76 Å². The van der Waals surface area contributed by atoms with Gasteiger partial charge in [0.2, 0.25) is 5.76 Å². The number of hydrogen-bond acceptors (Lipinski definition) is 2. The third-order valence-corrected chi connectivity index (χ3v) is 1.44. The molecule has 0 amide bonds. The number of ether oxygens (including phenoxy) is 1. The highest BCUT2D eigenvalue weighted by molar-refractivity contribution is 5.84. The largest absolute Gasteiger partial charge is 0.475 e. The molecular weight excluding hydrogens is 168 g/mol. The Balaban J connectivity index is 2.74. The van der Waals surface area contributed by atoms with Gasteiger partial charge in [0.15, 0.2) is 0 Å². The average Bonchev–Trinajstić information content (AvgIpc) is 2.15. The predicted octanol–water partition coefficient (Wildman–Crippen LogP) is 2.05. The van der Waals surface area contributed by atoms with E-state index in [0.29, 0.717) is 5.75 Å². The van der Waals surface area contributed by atoms with E-state index in [4.69, 9.17) is 9.84 Å². The van der Waals surface area contributed by atoms with Crippen LogP contribution in [-0.2, 0) is 4.79 Å². The van der Waals surface area contributed by atoms with Crippen LogP contribution in [-0.4, -0.2) is 11.1 Å². The third-order valence-electron chi connectivity index (χ3n) is 1.44. The highest BCUT2D eigenvalue weighted by Crippen LogP contribution is 2.12. The van der Waals surface area contributed by atoms with Gasteiger partial charge >= 0.3 is 5.97 Å². The van der Waals surface area contributed by atoms with Gasteiger partial charge in [-0.3, -0.25) is 0 Å². The second-order valence-corrected chi connectivity index (χ2v) is 2.37. The summed E-state index contributed by atoms with van der Waals surface area (Å²) in [4.78, 5) is 10.5. The first-order chi connectivity index (χ1) is 6.24. The van der Waals surface area contributed by atoms with Gasteiger partial charge in [-0.15, -0.1) is 0 Å². The lowest BCUT2D eigenvalue weighted by atomic mass is 10.3. The van der Waals surface area contributed by atoms with Crippen LogP contribution in [0.1, 0.15) is 6.92 Å². The Morgan fingerprint density at radius 3 is 2.46 bits per heavy atom. The molecule has 3 nitrogen and oxygen atoms in total. The van der Waals surface area contributed by atoms with Crippen molar-refractivity contribution in [3.05, 3.63) is 42.2 Å². The molecule has 0 saturated carbocycles. The van der Waals surface area contributed by atoms with E-state index < -0.39 is 5.97 Å². The van der Waals surface area contributed by atoms with Crippen molar-refractivity contribution in [3.8, 4) is 5.75 Å². The first kappa shape index (κ1) is 9.32. The van der Waals surface area contributed by atoms with Gasteiger partial charge in [-0.1, -0.05) is 18.2 Å². The lowest BCUT2D eigenvalue weighted by Crippen LogP contribution is -2.06. The number of carbonyl (C=O) groups is 1. The summed E-state index contributed by atoms with van der Waals surface area (Å²) in [5.41, 5.74) is 0. The molecule has 13 heavy (non-hydrogen) atoms. The summed E-state index contributed by atoms with van der Waals surface area (Å²) in [5.74, 6) is -0.601. The summed E-state index contributed by atoms with van der Waals surface area (Å²) in [6.45, 7) is 1.62. The molecule has 0 heterocycles. The van der Waals surface area contributed by atoms with Crippen LogP contribution in [0.25, 0.3) is 0 Å². The van der Waals surface area contributed by atoms with Crippen LogP contribution in [0.2, 0.25) is 0 Å². The van der Waals surface area contributed by atoms with Crippen LogP contribution < -0.4 is 4.74 Å². The monoisotopic (exact) mass is 178 g/mol. The maximum Gasteiger partial charge on any atom is 0.371 e. The fourth-order valence-electron chi connectivity index (χ4n) is 0.842. The zero-order chi connectivity index (χ0) is 9.68. The van der Waals surface area contributed by atoms with Crippen molar-refractivity contribution in [2.24, 2.45) is 0 Å². The smallest absolute Gasteiger partial charge is 0.371 e. The Hall–Kier alpha value is -1.77. The van der Waals surface area contributed by atoms with Gasteiger partial charge in [0.05, 0.1) is 0 Å². The molecular formula is C10H10O3. The normalized spacial score (nSPS) is 11.0.